The number of hydrogen-bond donors (Lipinski definition) is 2. The van der Waals surface area contributed by atoms with E-state index in [1.165, 1.54) is 0 Å². The number of hydrogen-bond acceptors (Lipinski definition) is 4. The van der Waals surface area contributed by atoms with E-state index in [1.807, 2.05) is 42.5 Å². The molecule has 0 saturated heterocycles. The molecule has 0 fully saturated rings. The van der Waals surface area contributed by atoms with Crippen LogP contribution in [0.15, 0.2) is 47.1 Å². The molecule has 0 saturated carbocycles. The lowest BCUT2D eigenvalue weighted by molar-refractivity contribution is 0.261. The summed E-state index contributed by atoms with van der Waals surface area (Å²) in [6.07, 6.45) is 0. The van der Waals surface area contributed by atoms with Crippen molar-refractivity contribution in [2.24, 2.45) is 0 Å². The summed E-state index contributed by atoms with van der Waals surface area (Å²) in [5, 5.41) is 14.6. The highest BCUT2D eigenvalue weighted by molar-refractivity contribution is 6.05. The molecule has 0 aliphatic rings. The summed E-state index contributed by atoms with van der Waals surface area (Å²) in [6, 6.07) is 13.2. The Morgan fingerprint density at radius 1 is 1.05 bits per heavy atom. The van der Waals surface area contributed by atoms with Gasteiger partial charge < -0.3 is 5.32 Å². The fourth-order valence-corrected chi connectivity index (χ4v) is 1.94. The third kappa shape index (κ3) is 2.31. The summed E-state index contributed by atoms with van der Waals surface area (Å²) < 4.78 is 4.52. The van der Waals surface area contributed by atoms with E-state index < -0.39 is 0 Å². The van der Waals surface area contributed by atoms with Gasteiger partial charge >= 0.3 is 6.03 Å². The van der Waals surface area contributed by atoms with Crippen molar-refractivity contribution in [3.63, 3.8) is 0 Å². The molecule has 2 aromatic carbocycles. The molecule has 2 amide bonds. The molecule has 6 nitrogen and oxygen atoms in total. The number of amides is 2. The number of aromatic nitrogens is 2. The summed E-state index contributed by atoms with van der Waals surface area (Å²) in [6.45, 7) is 1.70. The number of benzene rings is 2. The molecule has 2 N–H and O–H groups in total. The number of nitrogens with zero attached hydrogens (tertiary/aromatic N) is 2. The maximum atomic E-state index is 11.9. The highest BCUT2D eigenvalue weighted by Gasteiger charge is 2.10. The second-order valence-corrected chi connectivity index (χ2v) is 4.30. The number of nitrogens with one attached hydrogen (secondary N) is 2. The minimum atomic E-state index is -0.389. The van der Waals surface area contributed by atoms with Crippen LogP contribution in [0.3, 0.4) is 0 Å². The Hall–Kier alpha value is -2.89. The van der Waals surface area contributed by atoms with Crippen LogP contribution in [-0.2, 0) is 0 Å². The largest absolute Gasteiger partial charge is 0.325 e. The molecule has 1 aromatic heterocycles. The summed E-state index contributed by atoms with van der Waals surface area (Å²) in [5.41, 5.74) is 1.26. The van der Waals surface area contributed by atoms with E-state index in [9.17, 15) is 4.79 Å². The molecule has 0 atom stereocenters. The first kappa shape index (κ1) is 12.2. The monoisotopic (exact) mass is 268 g/mol. The second-order valence-electron chi connectivity index (χ2n) is 4.30. The third-order valence-corrected chi connectivity index (χ3v) is 2.92. The lowest BCUT2D eigenvalue weighted by Gasteiger charge is -2.08. The lowest BCUT2D eigenvalue weighted by Crippen LogP contribution is -2.20. The van der Waals surface area contributed by atoms with Gasteiger partial charge in [0, 0.05) is 5.39 Å². The van der Waals surface area contributed by atoms with Crippen LogP contribution in [0.4, 0.5) is 16.3 Å². The Balaban J connectivity index is 1.83. The molecule has 1 heterocycles. The van der Waals surface area contributed by atoms with E-state index in [1.54, 1.807) is 6.92 Å². The van der Waals surface area contributed by atoms with Gasteiger partial charge in [-0.2, -0.15) is 0 Å². The molecular weight excluding hydrogens is 256 g/mol. The standard InChI is InChI=1S/C14H12N4O2/c1-9-13(18-20-17-9)16-14(19)15-12-8-4-6-10-5-2-3-7-11(10)12/h2-8H,1H3,(H2,15,16,18,19). The Bertz CT molecular complexity index is 761. The molecule has 0 aliphatic carbocycles. The number of carbonyl (C=O) groups excluding carboxylic acids is 1. The molecule has 20 heavy (non-hydrogen) atoms. The Kier molecular flexibility index (Phi) is 3.04. The van der Waals surface area contributed by atoms with E-state index in [2.05, 4.69) is 25.6 Å². The van der Waals surface area contributed by atoms with Crippen LogP contribution < -0.4 is 10.6 Å². The first-order valence-corrected chi connectivity index (χ1v) is 6.09. The van der Waals surface area contributed by atoms with Gasteiger partial charge in [0.1, 0.15) is 5.69 Å². The van der Waals surface area contributed by atoms with E-state index in [0.29, 0.717) is 11.5 Å². The molecule has 100 valence electrons. The van der Waals surface area contributed by atoms with E-state index in [0.717, 1.165) is 16.5 Å². The maximum Gasteiger partial charge on any atom is 0.325 e. The number of anilines is 2. The zero-order chi connectivity index (χ0) is 13.9. The Labute approximate surface area is 114 Å². The minimum absolute atomic E-state index is 0.308. The summed E-state index contributed by atoms with van der Waals surface area (Å²) >= 11 is 0. The van der Waals surface area contributed by atoms with E-state index in [-0.39, 0.29) is 6.03 Å². The smallest absolute Gasteiger partial charge is 0.307 e. The molecule has 0 spiro atoms. The third-order valence-electron chi connectivity index (χ3n) is 2.92. The number of fused-ring (bicyclic) bond motifs is 1. The first-order valence-electron chi connectivity index (χ1n) is 6.09. The van der Waals surface area contributed by atoms with Crippen molar-refractivity contribution in [1.29, 1.82) is 0 Å². The van der Waals surface area contributed by atoms with Crippen LogP contribution >= 0.6 is 0 Å². The minimum Gasteiger partial charge on any atom is -0.307 e. The molecule has 3 aromatic rings. The SMILES string of the molecule is Cc1nonc1NC(=O)Nc1cccc2ccccc12. The van der Waals surface area contributed by atoms with Crippen LogP contribution in [0.1, 0.15) is 5.69 Å². The van der Waals surface area contributed by atoms with Gasteiger partial charge in [0.2, 0.25) is 5.82 Å². The van der Waals surface area contributed by atoms with Crippen LogP contribution in [0.2, 0.25) is 0 Å². The summed E-state index contributed by atoms with van der Waals surface area (Å²) in [4.78, 5) is 11.9. The predicted molar refractivity (Wildman–Crippen MR) is 75.6 cm³/mol. The average molecular weight is 268 g/mol. The predicted octanol–water partition coefficient (Wildman–Crippen LogP) is 3.18. The van der Waals surface area contributed by atoms with Crippen LogP contribution in [0.5, 0.6) is 0 Å². The topological polar surface area (TPSA) is 80.1 Å². The summed E-state index contributed by atoms with van der Waals surface area (Å²) in [5.74, 6) is 0.308. The molecule has 0 aliphatic heterocycles. The van der Waals surface area contributed by atoms with Crippen molar-refractivity contribution in [1.82, 2.24) is 10.3 Å². The Morgan fingerprint density at radius 3 is 2.65 bits per heavy atom. The number of urea groups is 1. The van der Waals surface area contributed by atoms with Crippen molar-refractivity contribution >= 4 is 28.3 Å². The zero-order valence-electron chi connectivity index (χ0n) is 10.8. The quantitative estimate of drug-likeness (QED) is 0.748. The normalized spacial score (nSPS) is 10.4. The Morgan fingerprint density at radius 2 is 1.85 bits per heavy atom. The number of rotatable bonds is 2. The molecule has 0 unspecified atom stereocenters. The zero-order valence-corrected chi connectivity index (χ0v) is 10.8. The van der Waals surface area contributed by atoms with Crippen molar-refractivity contribution in [3.05, 3.63) is 48.2 Å². The summed E-state index contributed by atoms with van der Waals surface area (Å²) in [7, 11) is 0. The van der Waals surface area contributed by atoms with E-state index in [4.69, 9.17) is 0 Å². The first-order chi connectivity index (χ1) is 9.74. The van der Waals surface area contributed by atoms with Gasteiger partial charge in [-0.1, -0.05) is 41.6 Å². The van der Waals surface area contributed by atoms with E-state index >= 15 is 0 Å². The molecule has 0 radical (unpaired) electrons. The maximum absolute atomic E-state index is 11.9. The van der Waals surface area contributed by atoms with Gasteiger partial charge in [0.15, 0.2) is 0 Å². The number of aryl methyl sites for hydroxylation is 1. The van der Waals surface area contributed by atoms with Crippen molar-refractivity contribution in [2.75, 3.05) is 10.6 Å². The molecule has 0 bridgehead atoms. The van der Waals surface area contributed by atoms with Crippen molar-refractivity contribution in [3.8, 4) is 0 Å². The van der Waals surface area contributed by atoms with Crippen LogP contribution in [0.25, 0.3) is 10.8 Å². The van der Waals surface area contributed by atoms with Crippen molar-refractivity contribution in [2.45, 2.75) is 6.92 Å². The average Bonchev–Trinajstić information content (AvgIpc) is 2.85. The number of carbonyl (C=O) groups is 1. The van der Waals surface area contributed by atoms with Crippen LogP contribution in [0, 0.1) is 6.92 Å². The molecule has 6 heteroatoms. The highest BCUT2D eigenvalue weighted by atomic mass is 16.6. The molecule has 3 rings (SSSR count). The fraction of sp³-hybridized carbons (Fsp3) is 0.0714. The van der Waals surface area contributed by atoms with Crippen molar-refractivity contribution < 1.29 is 9.42 Å². The van der Waals surface area contributed by atoms with Gasteiger partial charge in [-0.3, -0.25) is 5.32 Å². The fourth-order valence-electron chi connectivity index (χ4n) is 1.94. The van der Waals surface area contributed by atoms with Gasteiger partial charge in [-0.05, 0) is 23.5 Å². The lowest BCUT2D eigenvalue weighted by atomic mass is 10.1. The van der Waals surface area contributed by atoms with Gasteiger partial charge in [0.05, 0.1) is 5.69 Å². The van der Waals surface area contributed by atoms with Gasteiger partial charge in [0.25, 0.3) is 0 Å². The molecular formula is C14H12N4O2. The van der Waals surface area contributed by atoms with Gasteiger partial charge in [-0.25, -0.2) is 9.42 Å². The highest BCUT2D eigenvalue weighted by Crippen LogP contribution is 2.23. The van der Waals surface area contributed by atoms with Crippen LogP contribution in [-0.4, -0.2) is 16.3 Å². The second kappa shape index (κ2) is 5.00. The van der Waals surface area contributed by atoms with Gasteiger partial charge in [-0.15, -0.1) is 0 Å².